The maximum Gasteiger partial charge on any atom is 0.125 e. The summed E-state index contributed by atoms with van der Waals surface area (Å²) >= 11 is 3.51. The number of anilines is 1. The van der Waals surface area contributed by atoms with Gasteiger partial charge in [0.05, 0.1) is 12.6 Å². The van der Waals surface area contributed by atoms with Crippen LogP contribution in [0.3, 0.4) is 0 Å². The molecule has 0 aliphatic carbocycles. The van der Waals surface area contributed by atoms with Crippen molar-refractivity contribution < 1.29 is 4.74 Å². The maximum atomic E-state index is 5.86. The van der Waals surface area contributed by atoms with Crippen molar-refractivity contribution in [3.8, 4) is 5.75 Å². The van der Waals surface area contributed by atoms with E-state index in [0.717, 1.165) is 29.7 Å². The summed E-state index contributed by atoms with van der Waals surface area (Å²) in [5.74, 6) is 0.989. The van der Waals surface area contributed by atoms with Gasteiger partial charge in [0.2, 0.25) is 0 Å². The standard InChI is InChI=1S/C17H18BrNO/c1-12-5-2-3-6-15(12)19-16-7-4-10-20-17-11-13(18)8-9-14(16)17/h2-3,5-6,8-9,11,16,19H,4,7,10H2,1H3. The molecule has 1 aliphatic heterocycles. The Bertz CT molecular complexity index is 612. The predicted octanol–water partition coefficient (Wildman–Crippen LogP) is 5.08. The summed E-state index contributed by atoms with van der Waals surface area (Å²) < 4.78 is 6.92. The average molecular weight is 332 g/mol. The SMILES string of the molecule is Cc1ccccc1NC1CCCOc2cc(Br)ccc21. The molecule has 20 heavy (non-hydrogen) atoms. The molecule has 3 heteroatoms. The Morgan fingerprint density at radius 2 is 2.05 bits per heavy atom. The molecule has 0 amide bonds. The first-order chi connectivity index (χ1) is 9.74. The van der Waals surface area contributed by atoms with E-state index in [4.69, 9.17) is 4.74 Å². The van der Waals surface area contributed by atoms with Crippen molar-refractivity contribution in [1.29, 1.82) is 0 Å². The van der Waals surface area contributed by atoms with E-state index in [9.17, 15) is 0 Å². The van der Waals surface area contributed by atoms with Gasteiger partial charge in [-0.15, -0.1) is 0 Å². The molecule has 1 N–H and O–H groups in total. The van der Waals surface area contributed by atoms with Gasteiger partial charge in [-0.3, -0.25) is 0 Å². The molecular formula is C17H18BrNO. The molecule has 0 aromatic heterocycles. The summed E-state index contributed by atoms with van der Waals surface area (Å²) in [6.45, 7) is 2.92. The largest absolute Gasteiger partial charge is 0.493 e. The van der Waals surface area contributed by atoms with E-state index < -0.39 is 0 Å². The second kappa shape index (κ2) is 5.88. The second-order valence-corrected chi connectivity index (χ2v) is 6.10. The topological polar surface area (TPSA) is 21.3 Å². The van der Waals surface area contributed by atoms with Crippen LogP contribution in [0.25, 0.3) is 0 Å². The van der Waals surface area contributed by atoms with E-state index in [1.54, 1.807) is 0 Å². The quantitative estimate of drug-likeness (QED) is 0.828. The average Bonchev–Trinajstić information content (AvgIpc) is 2.63. The van der Waals surface area contributed by atoms with Gasteiger partial charge < -0.3 is 10.1 Å². The predicted molar refractivity (Wildman–Crippen MR) is 86.4 cm³/mol. The lowest BCUT2D eigenvalue weighted by molar-refractivity contribution is 0.316. The van der Waals surface area contributed by atoms with Gasteiger partial charge in [-0.1, -0.05) is 40.2 Å². The molecule has 3 rings (SSSR count). The molecule has 0 fully saturated rings. The Balaban J connectivity index is 1.92. The second-order valence-electron chi connectivity index (χ2n) is 5.18. The van der Waals surface area contributed by atoms with Gasteiger partial charge in [0.1, 0.15) is 5.75 Å². The molecule has 2 aromatic carbocycles. The number of hydrogen-bond acceptors (Lipinski definition) is 2. The number of halogens is 1. The van der Waals surface area contributed by atoms with E-state index in [1.807, 2.05) is 0 Å². The Kier molecular flexibility index (Phi) is 3.97. The summed E-state index contributed by atoms with van der Waals surface area (Å²) in [6, 6.07) is 15.0. The first-order valence-electron chi connectivity index (χ1n) is 6.98. The molecule has 0 saturated carbocycles. The van der Waals surface area contributed by atoms with Crippen LogP contribution < -0.4 is 10.1 Å². The van der Waals surface area contributed by atoms with Gasteiger partial charge in [-0.25, -0.2) is 0 Å². The van der Waals surface area contributed by atoms with E-state index in [0.29, 0.717) is 6.04 Å². The summed E-state index contributed by atoms with van der Waals surface area (Å²) in [6.07, 6.45) is 2.15. The lowest BCUT2D eigenvalue weighted by Gasteiger charge is -2.21. The highest BCUT2D eigenvalue weighted by Crippen LogP contribution is 2.36. The Morgan fingerprint density at radius 3 is 2.90 bits per heavy atom. The zero-order chi connectivity index (χ0) is 13.9. The van der Waals surface area contributed by atoms with Crippen molar-refractivity contribution in [1.82, 2.24) is 0 Å². The maximum absolute atomic E-state index is 5.86. The summed E-state index contributed by atoms with van der Waals surface area (Å²) in [4.78, 5) is 0. The fourth-order valence-electron chi connectivity index (χ4n) is 2.62. The van der Waals surface area contributed by atoms with E-state index in [-0.39, 0.29) is 0 Å². The molecule has 0 spiro atoms. The van der Waals surface area contributed by atoms with Crippen LogP contribution >= 0.6 is 15.9 Å². The third kappa shape index (κ3) is 2.83. The van der Waals surface area contributed by atoms with Crippen LogP contribution in [0.5, 0.6) is 5.75 Å². The fraction of sp³-hybridized carbons (Fsp3) is 0.294. The van der Waals surface area contributed by atoms with Crippen LogP contribution in [-0.2, 0) is 0 Å². The highest BCUT2D eigenvalue weighted by molar-refractivity contribution is 9.10. The van der Waals surface area contributed by atoms with Gasteiger partial charge in [0.25, 0.3) is 0 Å². The number of hydrogen-bond donors (Lipinski definition) is 1. The van der Waals surface area contributed by atoms with E-state index >= 15 is 0 Å². The van der Waals surface area contributed by atoms with Crippen LogP contribution in [0, 0.1) is 6.92 Å². The van der Waals surface area contributed by atoms with Gasteiger partial charge in [0.15, 0.2) is 0 Å². The normalized spacial score (nSPS) is 17.8. The summed E-state index contributed by atoms with van der Waals surface area (Å²) in [5, 5.41) is 3.67. The highest BCUT2D eigenvalue weighted by atomic mass is 79.9. The minimum atomic E-state index is 0.307. The number of aryl methyl sites for hydroxylation is 1. The summed E-state index contributed by atoms with van der Waals surface area (Å²) in [5.41, 5.74) is 3.72. The third-order valence-electron chi connectivity index (χ3n) is 3.72. The first kappa shape index (κ1) is 13.5. The van der Waals surface area contributed by atoms with Crippen molar-refractivity contribution in [2.75, 3.05) is 11.9 Å². The van der Waals surface area contributed by atoms with Crippen LogP contribution in [0.4, 0.5) is 5.69 Å². The van der Waals surface area contributed by atoms with Gasteiger partial charge in [0, 0.05) is 15.7 Å². The molecule has 2 aromatic rings. The molecule has 104 valence electrons. The number of fused-ring (bicyclic) bond motifs is 1. The van der Waals surface area contributed by atoms with Gasteiger partial charge in [-0.2, -0.15) is 0 Å². The Labute approximate surface area is 128 Å². The van der Waals surface area contributed by atoms with Crippen molar-refractivity contribution in [3.05, 3.63) is 58.1 Å². The minimum Gasteiger partial charge on any atom is -0.493 e. The zero-order valence-corrected chi connectivity index (χ0v) is 13.1. The monoisotopic (exact) mass is 331 g/mol. The zero-order valence-electron chi connectivity index (χ0n) is 11.5. The molecule has 1 aliphatic rings. The van der Waals surface area contributed by atoms with Gasteiger partial charge >= 0.3 is 0 Å². The number of nitrogens with one attached hydrogen (secondary N) is 1. The number of benzene rings is 2. The molecule has 2 nitrogen and oxygen atoms in total. The molecule has 0 saturated heterocycles. The van der Waals surface area contributed by atoms with Crippen molar-refractivity contribution in [2.45, 2.75) is 25.8 Å². The smallest absolute Gasteiger partial charge is 0.125 e. The van der Waals surface area contributed by atoms with Crippen molar-refractivity contribution in [3.63, 3.8) is 0 Å². The molecule has 0 radical (unpaired) electrons. The number of ether oxygens (including phenoxy) is 1. The van der Waals surface area contributed by atoms with Crippen LogP contribution in [-0.4, -0.2) is 6.61 Å². The van der Waals surface area contributed by atoms with Gasteiger partial charge in [-0.05, 0) is 43.5 Å². The Hall–Kier alpha value is -1.48. The third-order valence-corrected chi connectivity index (χ3v) is 4.21. The van der Waals surface area contributed by atoms with Crippen molar-refractivity contribution in [2.24, 2.45) is 0 Å². The Morgan fingerprint density at radius 1 is 1.20 bits per heavy atom. The fourth-order valence-corrected chi connectivity index (χ4v) is 2.96. The molecular weight excluding hydrogens is 314 g/mol. The summed E-state index contributed by atoms with van der Waals surface area (Å²) in [7, 11) is 0. The van der Waals surface area contributed by atoms with E-state index in [1.165, 1.54) is 16.8 Å². The molecule has 0 bridgehead atoms. The van der Waals surface area contributed by atoms with Crippen LogP contribution in [0.15, 0.2) is 46.9 Å². The minimum absolute atomic E-state index is 0.307. The molecule has 1 unspecified atom stereocenters. The number of para-hydroxylation sites is 1. The highest BCUT2D eigenvalue weighted by Gasteiger charge is 2.20. The number of rotatable bonds is 2. The van der Waals surface area contributed by atoms with Crippen molar-refractivity contribution >= 4 is 21.6 Å². The lowest BCUT2D eigenvalue weighted by Crippen LogP contribution is -2.11. The van der Waals surface area contributed by atoms with Crippen LogP contribution in [0.2, 0.25) is 0 Å². The lowest BCUT2D eigenvalue weighted by atomic mass is 10.0. The van der Waals surface area contributed by atoms with Crippen LogP contribution in [0.1, 0.15) is 30.0 Å². The van der Waals surface area contributed by atoms with E-state index in [2.05, 4.69) is 70.6 Å². The first-order valence-corrected chi connectivity index (χ1v) is 7.78. The molecule has 1 atom stereocenters. The molecule has 1 heterocycles.